The van der Waals surface area contributed by atoms with Gasteiger partial charge in [0.1, 0.15) is 11.5 Å². The number of hydrogen-bond donors (Lipinski definition) is 1. The minimum absolute atomic E-state index is 0.297. The van der Waals surface area contributed by atoms with Crippen LogP contribution in [0.3, 0.4) is 0 Å². The molecule has 1 N–H and O–H groups in total. The number of fused-ring (bicyclic) bond motifs is 1. The zero-order valence-corrected chi connectivity index (χ0v) is 18.0. The average Bonchev–Trinajstić information content (AvgIpc) is 2.75. The van der Waals surface area contributed by atoms with Gasteiger partial charge in [-0.2, -0.15) is 5.10 Å². The lowest BCUT2D eigenvalue weighted by atomic mass is 10.1. The lowest BCUT2D eigenvalue weighted by Gasteiger charge is -2.17. The van der Waals surface area contributed by atoms with Crippen molar-refractivity contribution in [3.63, 3.8) is 0 Å². The van der Waals surface area contributed by atoms with E-state index >= 15 is 0 Å². The van der Waals surface area contributed by atoms with Crippen LogP contribution >= 0.6 is 15.9 Å². The van der Waals surface area contributed by atoms with E-state index in [9.17, 15) is 4.79 Å². The molecule has 1 atom stereocenters. The summed E-state index contributed by atoms with van der Waals surface area (Å²) in [5.74, 6) is 1.13. The SMILES string of the molecule is CCOc1ccc(/C=N/NC(=O)C(CC)Oc2ccc3ccccc3c2Br)cc1. The summed E-state index contributed by atoms with van der Waals surface area (Å²) in [6, 6.07) is 19.3. The molecule has 0 spiro atoms. The third kappa shape index (κ3) is 5.35. The summed E-state index contributed by atoms with van der Waals surface area (Å²) < 4.78 is 12.2. The van der Waals surface area contributed by atoms with Crippen LogP contribution in [0.2, 0.25) is 0 Å². The van der Waals surface area contributed by atoms with Crippen molar-refractivity contribution in [2.45, 2.75) is 26.4 Å². The van der Waals surface area contributed by atoms with Crippen molar-refractivity contribution in [3.05, 3.63) is 70.7 Å². The zero-order chi connectivity index (χ0) is 20.6. The van der Waals surface area contributed by atoms with Gasteiger partial charge in [-0.15, -0.1) is 0 Å². The second-order valence-electron chi connectivity index (χ2n) is 6.35. The smallest absolute Gasteiger partial charge is 0.281 e. The molecule has 0 aliphatic carbocycles. The number of carbonyl (C=O) groups excluding carboxylic acids is 1. The standard InChI is InChI=1S/C23H23BrN2O3/c1-3-20(29-21-14-11-17-7-5-6-8-19(17)22(21)24)23(27)26-25-15-16-9-12-18(13-10-16)28-4-2/h5-15,20H,3-4H2,1-2H3,(H,26,27)/b25-15+. The Kier molecular flexibility index (Phi) is 7.25. The molecule has 3 rings (SSSR count). The number of amides is 1. The number of rotatable bonds is 8. The van der Waals surface area contributed by atoms with E-state index in [0.29, 0.717) is 18.8 Å². The van der Waals surface area contributed by atoms with Gasteiger partial charge in [0.05, 0.1) is 17.3 Å². The Balaban J connectivity index is 1.64. The lowest BCUT2D eigenvalue weighted by molar-refractivity contribution is -0.128. The molecule has 0 saturated heterocycles. The predicted octanol–water partition coefficient (Wildman–Crippen LogP) is 5.31. The Morgan fingerprint density at radius 3 is 2.59 bits per heavy atom. The largest absolute Gasteiger partial charge is 0.494 e. The van der Waals surface area contributed by atoms with Gasteiger partial charge < -0.3 is 9.47 Å². The van der Waals surface area contributed by atoms with Crippen molar-refractivity contribution in [1.29, 1.82) is 0 Å². The fourth-order valence-electron chi connectivity index (χ4n) is 2.84. The molecule has 29 heavy (non-hydrogen) atoms. The van der Waals surface area contributed by atoms with Crippen molar-refractivity contribution >= 4 is 38.8 Å². The van der Waals surface area contributed by atoms with E-state index in [4.69, 9.17) is 9.47 Å². The molecule has 150 valence electrons. The first kappa shape index (κ1) is 20.9. The highest BCUT2D eigenvalue weighted by Crippen LogP contribution is 2.33. The molecule has 0 bridgehead atoms. The van der Waals surface area contributed by atoms with Gasteiger partial charge in [-0.25, -0.2) is 5.43 Å². The lowest BCUT2D eigenvalue weighted by Crippen LogP contribution is -2.35. The second-order valence-corrected chi connectivity index (χ2v) is 7.14. The first-order valence-electron chi connectivity index (χ1n) is 9.52. The molecule has 3 aromatic carbocycles. The Labute approximate surface area is 178 Å². The third-order valence-corrected chi connectivity index (χ3v) is 5.16. The minimum Gasteiger partial charge on any atom is -0.494 e. The normalized spacial score (nSPS) is 12.1. The first-order chi connectivity index (χ1) is 14.1. The van der Waals surface area contributed by atoms with Gasteiger partial charge in [0.2, 0.25) is 0 Å². The number of ether oxygens (including phenoxy) is 2. The predicted molar refractivity (Wildman–Crippen MR) is 120 cm³/mol. The van der Waals surface area contributed by atoms with Crippen LogP contribution in [0.15, 0.2) is 70.2 Å². The summed E-state index contributed by atoms with van der Waals surface area (Å²) in [5, 5.41) is 6.18. The van der Waals surface area contributed by atoms with Crippen molar-refractivity contribution in [2.24, 2.45) is 5.10 Å². The van der Waals surface area contributed by atoms with Gasteiger partial charge in [0, 0.05) is 0 Å². The second kappa shape index (κ2) is 10.1. The van der Waals surface area contributed by atoms with E-state index in [1.165, 1.54) is 0 Å². The monoisotopic (exact) mass is 454 g/mol. The Morgan fingerprint density at radius 1 is 1.10 bits per heavy atom. The highest BCUT2D eigenvalue weighted by atomic mass is 79.9. The Morgan fingerprint density at radius 2 is 1.86 bits per heavy atom. The molecule has 6 heteroatoms. The van der Waals surface area contributed by atoms with Crippen LogP contribution in [0.4, 0.5) is 0 Å². The number of nitrogens with zero attached hydrogens (tertiary/aromatic N) is 1. The molecule has 0 aromatic heterocycles. The molecule has 0 radical (unpaired) electrons. The molecule has 0 aliphatic heterocycles. The van der Waals surface area contributed by atoms with Crippen LogP contribution < -0.4 is 14.9 Å². The number of halogens is 1. The zero-order valence-electron chi connectivity index (χ0n) is 16.4. The molecule has 0 saturated carbocycles. The molecule has 1 amide bonds. The van der Waals surface area contributed by atoms with E-state index in [2.05, 4.69) is 26.5 Å². The number of nitrogens with one attached hydrogen (secondary N) is 1. The van der Waals surface area contributed by atoms with Crippen molar-refractivity contribution in [3.8, 4) is 11.5 Å². The first-order valence-corrected chi connectivity index (χ1v) is 10.3. The quantitative estimate of drug-likeness (QED) is 0.370. The van der Waals surface area contributed by atoms with Crippen LogP contribution in [0.1, 0.15) is 25.8 Å². The fourth-order valence-corrected chi connectivity index (χ4v) is 3.43. The van der Waals surface area contributed by atoms with Crippen molar-refractivity contribution in [1.82, 2.24) is 5.43 Å². The van der Waals surface area contributed by atoms with Crippen molar-refractivity contribution < 1.29 is 14.3 Å². The van der Waals surface area contributed by atoms with Crippen LogP contribution in [0, 0.1) is 0 Å². The molecule has 5 nitrogen and oxygen atoms in total. The molecular formula is C23H23BrN2O3. The molecule has 0 aliphatic rings. The summed E-state index contributed by atoms with van der Waals surface area (Å²) in [5.41, 5.74) is 3.42. The van der Waals surface area contributed by atoms with Gasteiger partial charge in [0.25, 0.3) is 5.91 Å². The van der Waals surface area contributed by atoms with Gasteiger partial charge in [-0.3, -0.25) is 4.79 Å². The van der Waals surface area contributed by atoms with Crippen LogP contribution in [0.25, 0.3) is 10.8 Å². The fraction of sp³-hybridized carbons (Fsp3) is 0.217. The summed E-state index contributed by atoms with van der Waals surface area (Å²) in [7, 11) is 0. The van der Waals surface area contributed by atoms with E-state index in [1.807, 2.05) is 74.5 Å². The van der Waals surface area contributed by atoms with E-state index < -0.39 is 6.10 Å². The van der Waals surface area contributed by atoms with Gasteiger partial charge in [0.15, 0.2) is 6.10 Å². The van der Waals surface area contributed by atoms with Crippen LogP contribution in [-0.4, -0.2) is 24.8 Å². The highest BCUT2D eigenvalue weighted by molar-refractivity contribution is 9.10. The maximum atomic E-state index is 12.5. The van der Waals surface area contributed by atoms with E-state index in [1.54, 1.807) is 6.21 Å². The topological polar surface area (TPSA) is 59.9 Å². The Hall–Kier alpha value is -2.86. The van der Waals surface area contributed by atoms with Gasteiger partial charge in [-0.1, -0.05) is 37.3 Å². The maximum absolute atomic E-state index is 12.5. The average molecular weight is 455 g/mol. The van der Waals surface area contributed by atoms with Crippen molar-refractivity contribution in [2.75, 3.05) is 6.61 Å². The molecule has 3 aromatic rings. The van der Waals surface area contributed by atoms with Gasteiger partial charge in [-0.05, 0) is 75.9 Å². The molecule has 1 unspecified atom stereocenters. The molecule has 0 heterocycles. The summed E-state index contributed by atoms with van der Waals surface area (Å²) in [6.07, 6.45) is 1.46. The number of carbonyl (C=O) groups is 1. The molecular weight excluding hydrogens is 432 g/mol. The summed E-state index contributed by atoms with van der Waals surface area (Å²) in [6.45, 7) is 4.46. The van der Waals surface area contributed by atoms with E-state index in [-0.39, 0.29) is 5.91 Å². The van der Waals surface area contributed by atoms with Gasteiger partial charge >= 0.3 is 0 Å². The maximum Gasteiger partial charge on any atom is 0.281 e. The number of benzene rings is 3. The van der Waals surface area contributed by atoms with E-state index in [0.717, 1.165) is 26.6 Å². The summed E-state index contributed by atoms with van der Waals surface area (Å²) >= 11 is 3.59. The third-order valence-electron chi connectivity index (χ3n) is 4.34. The highest BCUT2D eigenvalue weighted by Gasteiger charge is 2.19. The Bertz CT molecular complexity index is 1000. The number of hydrogen-bond acceptors (Lipinski definition) is 4. The minimum atomic E-state index is -0.648. The number of hydrazone groups is 1. The van der Waals surface area contributed by atoms with Crippen LogP contribution in [0.5, 0.6) is 11.5 Å². The van der Waals surface area contributed by atoms with Crippen LogP contribution in [-0.2, 0) is 4.79 Å². The summed E-state index contributed by atoms with van der Waals surface area (Å²) in [4.78, 5) is 12.5. The molecule has 0 fully saturated rings.